The molecule has 0 aliphatic heterocycles. The lowest BCUT2D eigenvalue weighted by Gasteiger charge is -2.21. The van der Waals surface area contributed by atoms with Gasteiger partial charge in [-0.25, -0.2) is 19.5 Å². The van der Waals surface area contributed by atoms with E-state index in [-0.39, 0.29) is 84.8 Å². The summed E-state index contributed by atoms with van der Waals surface area (Å²) < 4.78 is 0. The number of aliphatic imine (C=N–C) groups is 1. The molecule has 26 nitrogen and oxygen atoms in total. The summed E-state index contributed by atoms with van der Waals surface area (Å²) >= 11 is 0. The molecule has 0 heterocycles. The second-order valence-corrected chi connectivity index (χ2v) is 25.4. The molecule has 0 rings (SSSR count). The van der Waals surface area contributed by atoms with Crippen molar-refractivity contribution in [2.45, 2.75) is 290 Å². The smallest absolute Gasteiger partial charge is 0.248 e. The monoisotopic (exact) mass is 1450 g/mol. The molecule has 0 saturated heterocycles. The third-order valence-corrected chi connectivity index (χ3v) is 15.9. The SMILES string of the molecule is CCCCC/C=C\C/C=C\CCCCCCC/C=N/NOCC(=O)NCCNC(=O)CC[C@H](N=C(N)N)C(=O)N[C@@H](CCC(=O)NCCNC(=O)CON/N=C/CCCCCCC/C=C\C/C=C\CCCCC)C(=O)NCCNC(=O)CON/N=C/CCCCCCC/C=C\C/C=C\CCCCC. The predicted octanol–water partition coefficient (Wildman–Crippen LogP) is 11.3. The Morgan fingerprint density at radius 3 is 0.932 bits per heavy atom. The molecule has 2 atom stereocenters. The van der Waals surface area contributed by atoms with E-state index in [2.05, 4.69) is 168 Å². The van der Waals surface area contributed by atoms with Crippen LogP contribution >= 0.6 is 0 Å². The fourth-order valence-electron chi connectivity index (χ4n) is 10.0. The van der Waals surface area contributed by atoms with E-state index in [0.717, 1.165) is 103 Å². The van der Waals surface area contributed by atoms with Gasteiger partial charge in [0, 0.05) is 70.8 Å². The molecule has 0 bridgehead atoms. The lowest BCUT2D eigenvalue weighted by Crippen LogP contribution is -2.51. The molecule has 0 fully saturated rings. The first-order valence-corrected chi connectivity index (χ1v) is 39.0. The first-order valence-electron chi connectivity index (χ1n) is 39.0. The molecule has 103 heavy (non-hydrogen) atoms. The molecule has 0 radical (unpaired) electrons. The Labute approximate surface area is 618 Å². The molecule has 0 spiro atoms. The van der Waals surface area contributed by atoms with Crippen molar-refractivity contribution in [3.05, 3.63) is 72.9 Å². The highest BCUT2D eigenvalue weighted by Gasteiger charge is 2.27. The fraction of sp³-hybridized carbons (Fsp3) is 0.701. The highest BCUT2D eigenvalue weighted by Crippen LogP contribution is 2.12. The van der Waals surface area contributed by atoms with Gasteiger partial charge < -0.3 is 48.7 Å². The fourth-order valence-corrected chi connectivity index (χ4v) is 10.0. The van der Waals surface area contributed by atoms with E-state index in [0.29, 0.717) is 0 Å². The van der Waals surface area contributed by atoms with Crippen LogP contribution in [0.1, 0.15) is 278 Å². The molecule has 0 aromatic heterocycles. The normalized spacial score (nSPS) is 12.4. The van der Waals surface area contributed by atoms with Gasteiger partial charge in [0.2, 0.25) is 41.4 Å². The van der Waals surface area contributed by atoms with E-state index < -0.39 is 59.4 Å². The van der Waals surface area contributed by atoms with Crippen molar-refractivity contribution >= 4 is 66.0 Å². The van der Waals surface area contributed by atoms with E-state index >= 15 is 0 Å². The van der Waals surface area contributed by atoms with Crippen LogP contribution in [0.15, 0.2) is 93.2 Å². The molecule has 14 N–H and O–H groups in total. The van der Waals surface area contributed by atoms with Crippen LogP contribution in [0.3, 0.4) is 0 Å². The largest absolute Gasteiger partial charge is 0.370 e. The maximum absolute atomic E-state index is 13.7. The Morgan fingerprint density at radius 1 is 0.330 bits per heavy atom. The van der Waals surface area contributed by atoms with Crippen LogP contribution in [0.2, 0.25) is 0 Å². The average molecular weight is 1450 g/mol. The summed E-state index contributed by atoms with van der Waals surface area (Å²) in [5.41, 5.74) is 18.6. The van der Waals surface area contributed by atoms with Crippen molar-refractivity contribution in [1.29, 1.82) is 0 Å². The summed E-state index contributed by atoms with van der Waals surface area (Å²) in [7, 11) is 0. The summed E-state index contributed by atoms with van der Waals surface area (Å²) in [5, 5.41) is 30.5. The van der Waals surface area contributed by atoms with Gasteiger partial charge in [-0.05, 0) is 148 Å². The summed E-state index contributed by atoms with van der Waals surface area (Å²) in [6, 6.07) is -2.61. The van der Waals surface area contributed by atoms with Crippen molar-refractivity contribution in [3.63, 3.8) is 0 Å². The molecule has 26 heteroatoms. The Morgan fingerprint density at radius 2 is 0.612 bits per heavy atom. The van der Waals surface area contributed by atoms with E-state index in [9.17, 15) is 33.6 Å². The zero-order valence-electron chi connectivity index (χ0n) is 63.5. The van der Waals surface area contributed by atoms with Gasteiger partial charge in [0.15, 0.2) is 25.8 Å². The number of hydrazone groups is 3. The zero-order valence-corrected chi connectivity index (χ0v) is 63.5. The first-order chi connectivity index (χ1) is 50.4. The molecule has 0 saturated carbocycles. The second kappa shape index (κ2) is 76.9. The van der Waals surface area contributed by atoms with Gasteiger partial charge in [-0.15, -0.1) is 0 Å². The summed E-state index contributed by atoms with van der Waals surface area (Å²) in [5.74, 6) is -4.25. The average Bonchev–Trinajstić information content (AvgIpc) is 0.895. The number of amides is 7. The number of nitrogens with one attached hydrogen (secondary N) is 10. The van der Waals surface area contributed by atoms with Crippen LogP contribution < -0.4 is 65.5 Å². The van der Waals surface area contributed by atoms with Gasteiger partial charge in [0.1, 0.15) is 12.1 Å². The minimum absolute atomic E-state index is 0.00474. The van der Waals surface area contributed by atoms with Crippen LogP contribution in [0.5, 0.6) is 0 Å². The Balaban J connectivity index is 4.97. The Kier molecular flexibility index (Phi) is 71.2. The highest BCUT2D eigenvalue weighted by atomic mass is 16.7. The Hall–Kier alpha value is -7.71. The number of rotatable bonds is 73. The van der Waals surface area contributed by atoms with Crippen LogP contribution in [0, 0.1) is 0 Å². The lowest BCUT2D eigenvalue weighted by molar-refractivity contribution is -0.131. The van der Waals surface area contributed by atoms with Crippen LogP contribution in [-0.4, -0.2) is 137 Å². The van der Waals surface area contributed by atoms with Gasteiger partial charge >= 0.3 is 0 Å². The molecule has 586 valence electrons. The standard InChI is InChI=1S/C77H138N16O10/c1-4-7-10-13-16-19-22-25-28-31-34-37-40-43-46-49-56-86-91-101-65-72(96)82-61-59-80-70(94)54-52-68(75(99)85-64-63-84-74(98)67-103-93-88-58-51-48-45-42-39-36-33-30-27-24-21-18-15-12-9-6-3)89-76(100)69(90-77(78)79)53-55-71(95)81-60-62-83-73(97)66-102-92-87-57-50-47-44-41-38-35-32-29-26-23-20-17-14-11-8-5-2/h16-21,25-30,56-58,68-69,91-93H,4-15,22-24,31-55,59-67H2,1-3H3,(H,80,94)(H,81,95)(H,82,96)(H,83,97)(H,84,98)(H,85,99)(H,89,100)(H4,78,79,90)/b19-16-,20-17-,21-18-,28-25-,29-26-,30-27-,86-56+,87-57+,88-58+/t68-,69-/m0/s1. The van der Waals surface area contributed by atoms with Gasteiger partial charge in [-0.1, -0.05) is 190 Å². The van der Waals surface area contributed by atoms with Crippen LogP contribution in [0.25, 0.3) is 0 Å². The van der Waals surface area contributed by atoms with Gasteiger partial charge in [-0.3, -0.25) is 33.6 Å². The Bertz CT molecular complexity index is 2430. The van der Waals surface area contributed by atoms with E-state index in [1.165, 1.54) is 128 Å². The molecule has 0 unspecified atom stereocenters. The summed E-state index contributed by atoms with van der Waals surface area (Å²) in [6.07, 6.45) is 72.1. The maximum Gasteiger partial charge on any atom is 0.248 e. The highest BCUT2D eigenvalue weighted by molar-refractivity contribution is 5.92. The number of carbonyl (C=O) groups excluding carboxylic acids is 7. The molecular formula is C77H138N16O10. The van der Waals surface area contributed by atoms with Crippen molar-refractivity contribution in [1.82, 2.24) is 54.0 Å². The van der Waals surface area contributed by atoms with Gasteiger partial charge in [-0.2, -0.15) is 32.1 Å². The van der Waals surface area contributed by atoms with Crippen molar-refractivity contribution < 1.29 is 48.1 Å². The van der Waals surface area contributed by atoms with Gasteiger partial charge in [0.05, 0.1) is 0 Å². The van der Waals surface area contributed by atoms with E-state index in [1.807, 2.05) is 0 Å². The maximum atomic E-state index is 13.7. The van der Waals surface area contributed by atoms with Gasteiger partial charge in [0.25, 0.3) is 0 Å². The van der Waals surface area contributed by atoms with Crippen molar-refractivity contribution in [3.8, 4) is 0 Å². The number of nitrogens with two attached hydrogens (primary N) is 2. The lowest BCUT2D eigenvalue weighted by atomic mass is 10.1. The number of nitrogens with zero attached hydrogens (tertiary/aromatic N) is 4. The third-order valence-electron chi connectivity index (χ3n) is 15.9. The minimum atomic E-state index is -1.31. The number of guanidine groups is 1. The molecule has 7 amide bonds. The number of unbranched alkanes of at least 4 members (excludes halogenated alkanes) is 27. The van der Waals surface area contributed by atoms with Crippen molar-refractivity contribution in [2.75, 3.05) is 59.1 Å². The van der Waals surface area contributed by atoms with Crippen LogP contribution in [-0.2, 0) is 48.1 Å². The van der Waals surface area contributed by atoms with E-state index in [1.54, 1.807) is 18.6 Å². The number of carbonyl (C=O) groups is 7. The molecule has 0 aliphatic rings. The first kappa shape index (κ1) is 95.3. The van der Waals surface area contributed by atoms with Crippen LogP contribution in [0.4, 0.5) is 0 Å². The summed E-state index contributed by atoms with van der Waals surface area (Å²) in [6.45, 7) is 5.90. The number of hydrogen-bond donors (Lipinski definition) is 12. The van der Waals surface area contributed by atoms with E-state index in [4.69, 9.17) is 26.0 Å². The van der Waals surface area contributed by atoms with Crippen molar-refractivity contribution in [2.24, 2.45) is 31.8 Å². The topological polar surface area (TPSA) is 369 Å². The molecule has 0 aromatic carbocycles. The molecule has 0 aliphatic carbocycles. The number of hydrogen-bond acceptors (Lipinski definition) is 17. The number of allylic oxidation sites excluding steroid dienone is 12. The predicted molar refractivity (Wildman–Crippen MR) is 419 cm³/mol. The minimum Gasteiger partial charge on any atom is -0.370 e. The zero-order chi connectivity index (χ0) is 75.0. The quantitative estimate of drug-likeness (QED) is 0.00885. The third kappa shape index (κ3) is 72.4. The molecular weight excluding hydrogens is 1310 g/mol. The summed E-state index contributed by atoms with van der Waals surface area (Å²) in [4.78, 5) is 110. The molecule has 0 aromatic rings. The second-order valence-electron chi connectivity index (χ2n) is 25.4.